The van der Waals surface area contributed by atoms with Gasteiger partial charge in [0, 0.05) is 6.42 Å². The maximum absolute atomic E-state index is 13.1. The predicted octanol–water partition coefficient (Wildman–Crippen LogP) is 14.9. The van der Waals surface area contributed by atoms with Gasteiger partial charge in [0.1, 0.15) is 6.10 Å². The third-order valence-corrected chi connectivity index (χ3v) is 11.5. The number of hydrogen-bond acceptors (Lipinski definition) is 5. The molecule has 0 aliphatic rings. The fourth-order valence-corrected chi connectivity index (χ4v) is 7.61. The summed E-state index contributed by atoms with van der Waals surface area (Å²) in [5, 5.41) is 23.6. The third kappa shape index (κ3) is 40.8. The monoisotopic (exact) mass is 816 g/mol. The molecule has 0 aromatic carbocycles. The van der Waals surface area contributed by atoms with Crippen molar-refractivity contribution in [1.29, 1.82) is 0 Å². The molecule has 0 saturated heterocycles. The lowest BCUT2D eigenvalue weighted by Gasteiger charge is -2.24. The van der Waals surface area contributed by atoms with E-state index in [1.165, 1.54) is 141 Å². The van der Waals surface area contributed by atoms with Gasteiger partial charge in [0.05, 0.1) is 25.2 Å². The summed E-state index contributed by atoms with van der Waals surface area (Å²) in [6, 6.07) is -0.699. The molecule has 1 amide bonds. The highest BCUT2D eigenvalue weighted by Gasteiger charge is 2.24. The molecule has 6 heteroatoms. The van der Waals surface area contributed by atoms with Crippen LogP contribution >= 0.6 is 0 Å². The van der Waals surface area contributed by atoms with Crippen molar-refractivity contribution in [2.75, 3.05) is 6.61 Å². The van der Waals surface area contributed by atoms with Crippen LogP contribution in [-0.4, -0.2) is 46.9 Å². The molecule has 0 aliphatic heterocycles. The zero-order valence-corrected chi connectivity index (χ0v) is 38.7. The molecule has 0 heterocycles. The average Bonchev–Trinajstić information content (AvgIpc) is 3.22. The number of esters is 1. The summed E-state index contributed by atoms with van der Waals surface area (Å²) in [6.07, 6.45) is 53.5. The van der Waals surface area contributed by atoms with E-state index < -0.39 is 18.2 Å². The predicted molar refractivity (Wildman–Crippen MR) is 250 cm³/mol. The molecule has 0 aromatic heterocycles. The molecule has 3 atom stereocenters. The van der Waals surface area contributed by atoms with Gasteiger partial charge in [-0.25, -0.2) is 0 Å². The van der Waals surface area contributed by atoms with E-state index in [1.807, 2.05) is 0 Å². The largest absolute Gasteiger partial charge is 0.462 e. The fraction of sp³-hybridized carbons (Fsp3) is 0.846. The summed E-state index contributed by atoms with van der Waals surface area (Å²) in [5.41, 5.74) is 0. The van der Waals surface area contributed by atoms with Gasteiger partial charge >= 0.3 is 5.97 Å². The Hall–Kier alpha value is -1.92. The van der Waals surface area contributed by atoms with Gasteiger partial charge in [0.15, 0.2) is 0 Å². The summed E-state index contributed by atoms with van der Waals surface area (Å²) in [6.45, 7) is 6.43. The summed E-state index contributed by atoms with van der Waals surface area (Å²) in [5.74, 6) is -0.481. The summed E-state index contributed by atoms with van der Waals surface area (Å²) >= 11 is 0. The van der Waals surface area contributed by atoms with E-state index in [-0.39, 0.29) is 24.9 Å². The van der Waals surface area contributed by atoms with E-state index in [9.17, 15) is 19.8 Å². The lowest BCUT2D eigenvalue weighted by atomic mass is 10.0. The minimum absolute atomic E-state index is 0.0754. The normalized spacial score (nSPS) is 13.5. The van der Waals surface area contributed by atoms with Crippen LogP contribution in [0.1, 0.15) is 258 Å². The number of ether oxygens (including phenoxy) is 1. The second-order valence-corrected chi connectivity index (χ2v) is 17.2. The molecule has 0 saturated carbocycles. The van der Waals surface area contributed by atoms with Crippen LogP contribution in [0.2, 0.25) is 0 Å². The van der Waals surface area contributed by atoms with E-state index in [1.54, 1.807) is 0 Å². The first-order valence-corrected chi connectivity index (χ1v) is 25.2. The minimum atomic E-state index is -0.785. The Morgan fingerprint density at radius 3 is 1.36 bits per heavy atom. The molecule has 0 aromatic rings. The first-order chi connectivity index (χ1) is 28.5. The molecule has 0 rings (SSSR count). The number of rotatable bonds is 45. The highest BCUT2D eigenvalue weighted by molar-refractivity contribution is 5.77. The molecule has 6 nitrogen and oxygen atoms in total. The lowest BCUT2D eigenvalue weighted by Crippen LogP contribution is -2.46. The molecule has 0 spiro atoms. The van der Waals surface area contributed by atoms with Crippen molar-refractivity contribution in [3.8, 4) is 0 Å². The standard InChI is InChI=1S/C52H97NO5/c1-4-7-10-13-16-19-21-22-23-24-25-26-27-28-30-33-36-39-42-45-52(57)58-48(43-40-37-34-32-29-20-17-14-11-8-5-2)46-51(56)53-49(47-54)50(55)44-41-38-35-31-18-15-12-9-6-3/h16,19,22-23,25-26,48-50,54-55H,4-15,17-18,20-21,24,27-47H2,1-3H3,(H,53,56)/b19-16-,23-22-,26-25-. The molecule has 0 radical (unpaired) electrons. The Morgan fingerprint density at radius 1 is 0.500 bits per heavy atom. The number of amides is 1. The van der Waals surface area contributed by atoms with Crippen LogP contribution in [0.5, 0.6) is 0 Å². The second-order valence-electron chi connectivity index (χ2n) is 17.2. The number of allylic oxidation sites excluding steroid dienone is 6. The Kier molecular flexibility index (Phi) is 44.6. The number of unbranched alkanes of at least 4 members (excludes halogenated alkanes) is 27. The van der Waals surface area contributed by atoms with E-state index in [0.717, 1.165) is 70.6 Å². The van der Waals surface area contributed by atoms with Crippen molar-refractivity contribution in [3.63, 3.8) is 0 Å². The number of hydrogen-bond donors (Lipinski definition) is 3. The first-order valence-electron chi connectivity index (χ1n) is 25.2. The lowest BCUT2D eigenvalue weighted by molar-refractivity contribution is -0.151. The highest BCUT2D eigenvalue weighted by Crippen LogP contribution is 2.18. The fourth-order valence-electron chi connectivity index (χ4n) is 7.61. The Bertz CT molecular complexity index is 961. The van der Waals surface area contributed by atoms with Gasteiger partial charge in [-0.2, -0.15) is 0 Å². The Balaban J connectivity index is 4.50. The van der Waals surface area contributed by atoms with Crippen LogP contribution in [0.3, 0.4) is 0 Å². The molecule has 0 fully saturated rings. The van der Waals surface area contributed by atoms with Crippen molar-refractivity contribution in [1.82, 2.24) is 5.32 Å². The van der Waals surface area contributed by atoms with E-state index in [0.29, 0.717) is 19.3 Å². The highest BCUT2D eigenvalue weighted by atomic mass is 16.5. The molecular formula is C52H97NO5. The maximum atomic E-state index is 13.1. The summed E-state index contributed by atoms with van der Waals surface area (Å²) in [7, 11) is 0. The zero-order valence-electron chi connectivity index (χ0n) is 38.7. The van der Waals surface area contributed by atoms with Crippen molar-refractivity contribution in [2.45, 2.75) is 277 Å². The number of nitrogens with one attached hydrogen (secondary N) is 1. The molecule has 58 heavy (non-hydrogen) atoms. The topological polar surface area (TPSA) is 95.9 Å². The van der Waals surface area contributed by atoms with Crippen LogP contribution in [-0.2, 0) is 14.3 Å². The summed E-state index contributed by atoms with van der Waals surface area (Å²) < 4.78 is 5.92. The van der Waals surface area contributed by atoms with Crippen LogP contribution in [0.15, 0.2) is 36.5 Å². The molecule has 3 N–H and O–H groups in total. The minimum Gasteiger partial charge on any atom is -0.462 e. The molecular weight excluding hydrogens is 719 g/mol. The molecule has 0 bridgehead atoms. The van der Waals surface area contributed by atoms with Crippen molar-refractivity contribution >= 4 is 11.9 Å². The zero-order chi connectivity index (χ0) is 42.4. The van der Waals surface area contributed by atoms with Crippen molar-refractivity contribution < 1.29 is 24.5 Å². The second kappa shape index (κ2) is 46.2. The van der Waals surface area contributed by atoms with Gasteiger partial charge < -0.3 is 20.3 Å². The Labute approximate surface area is 360 Å². The number of carbonyl (C=O) groups is 2. The molecule has 0 aliphatic carbocycles. The van der Waals surface area contributed by atoms with Crippen molar-refractivity contribution in [2.24, 2.45) is 0 Å². The van der Waals surface area contributed by atoms with Gasteiger partial charge in [0.25, 0.3) is 0 Å². The van der Waals surface area contributed by atoms with Gasteiger partial charge in [-0.05, 0) is 64.2 Å². The van der Waals surface area contributed by atoms with Crippen LogP contribution in [0.4, 0.5) is 0 Å². The molecule has 340 valence electrons. The van der Waals surface area contributed by atoms with E-state index in [4.69, 9.17) is 4.74 Å². The smallest absolute Gasteiger partial charge is 0.306 e. The first kappa shape index (κ1) is 56.1. The van der Waals surface area contributed by atoms with Crippen LogP contribution in [0, 0.1) is 0 Å². The number of aliphatic hydroxyl groups excluding tert-OH is 2. The third-order valence-electron chi connectivity index (χ3n) is 11.5. The SMILES string of the molecule is CCCCC/C=C\C/C=C\C/C=C\CCCCCCCCC(=O)OC(CCCCCCCCCCCCC)CC(=O)NC(CO)C(O)CCCCCCCCCCC. The number of carbonyl (C=O) groups excluding carboxylic acids is 2. The quantitative estimate of drug-likeness (QED) is 0.0323. The number of aliphatic hydroxyl groups is 2. The summed E-state index contributed by atoms with van der Waals surface area (Å²) in [4.78, 5) is 26.1. The van der Waals surface area contributed by atoms with Crippen LogP contribution < -0.4 is 5.32 Å². The maximum Gasteiger partial charge on any atom is 0.306 e. The van der Waals surface area contributed by atoms with Gasteiger partial charge in [0.2, 0.25) is 5.91 Å². The van der Waals surface area contributed by atoms with Gasteiger partial charge in [-0.1, -0.05) is 218 Å². The Morgan fingerprint density at radius 2 is 0.879 bits per heavy atom. The van der Waals surface area contributed by atoms with Crippen LogP contribution in [0.25, 0.3) is 0 Å². The molecule has 3 unspecified atom stereocenters. The van der Waals surface area contributed by atoms with Crippen molar-refractivity contribution in [3.05, 3.63) is 36.5 Å². The van der Waals surface area contributed by atoms with E-state index in [2.05, 4.69) is 62.5 Å². The average molecular weight is 816 g/mol. The van der Waals surface area contributed by atoms with Gasteiger partial charge in [-0.15, -0.1) is 0 Å². The van der Waals surface area contributed by atoms with E-state index >= 15 is 0 Å². The van der Waals surface area contributed by atoms with Gasteiger partial charge in [-0.3, -0.25) is 9.59 Å².